The van der Waals surface area contributed by atoms with Gasteiger partial charge in [-0.15, -0.1) is 0 Å². The molecule has 0 aliphatic heterocycles. The van der Waals surface area contributed by atoms with Crippen molar-refractivity contribution in [3.8, 4) is 0 Å². The maximum Gasteiger partial charge on any atom is 0.0232 e. The molecule has 0 bridgehead atoms. The van der Waals surface area contributed by atoms with E-state index < -0.39 is 9.36 Å². The highest BCUT2D eigenvalue weighted by molar-refractivity contribution is 8.21. The summed E-state index contributed by atoms with van der Waals surface area (Å²) in [7, 11) is -1.27. The van der Waals surface area contributed by atoms with Crippen LogP contribution in [0.4, 0.5) is 0 Å². The average Bonchev–Trinajstić information content (AvgIpc) is 1.61. The van der Waals surface area contributed by atoms with Crippen molar-refractivity contribution in [1.29, 1.82) is 0 Å². The second kappa shape index (κ2) is 4.53. The second-order valence-corrected chi connectivity index (χ2v) is 3.74. The van der Waals surface area contributed by atoms with Crippen molar-refractivity contribution in [1.82, 2.24) is 0 Å². The van der Waals surface area contributed by atoms with Crippen LogP contribution >= 0.6 is 0 Å². The summed E-state index contributed by atoms with van der Waals surface area (Å²) in [6.45, 7) is 2.06. The third-order valence-electron chi connectivity index (χ3n) is 0.694. The average molecular weight is 138 g/mol. The lowest BCUT2D eigenvalue weighted by molar-refractivity contribution is 0.689. The van der Waals surface area contributed by atoms with Gasteiger partial charge in [0, 0.05) is 15.1 Å². The van der Waals surface area contributed by atoms with Crippen LogP contribution in [0.15, 0.2) is 0 Å². The van der Waals surface area contributed by atoms with Crippen LogP contribution in [-0.4, -0.2) is 9.96 Å². The molecule has 0 aromatic heterocycles. The molecule has 0 aliphatic carbocycles. The second-order valence-electron chi connectivity index (χ2n) is 1.41. The van der Waals surface area contributed by atoms with Gasteiger partial charge in [-0.3, -0.25) is 4.21 Å². The van der Waals surface area contributed by atoms with Crippen molar-refractivity contribution >= 4 is 20.5 Å². The van der Waals surface area contributed by atoms with Crippen LogP contribution in [0.25, 0.3) is 0 Å². The van der Waals surface area contributed by atoms with Gasteiger partial charge in [0.2, 0.25) is 0 Å². The molecule has 0 spiro atoms. The first kappa shape index (κ1) is 7.37. The van der Waals surface area contributed by atoms with Gasteiger partial charge >= 0.3 is 0 Å². The number of hydrogen-bond acceptors (Lipinski definition) is 2. The smallest absolute Gasteiger partial charge is 0.0232 e. The lowest BCUT2D eigenvalue weighted by atomic mass is 10.4. The van der Waals surface area contributed by atoms with Crippen LogP contribution in [0.2, 0.25) is 0 Å². The normalized spacial score (nSPS) is 13.9. The fourth-order valence-corrected chi connectivity index (χ4v) is 1.25. The highest BCUT2D eigenvalue weighted by Gasteiger charge is 1.78. The molecule has 0 amide bonds. The largest absolute Gasteiger partial charge is 0.260 e. The molecule has 1 nitrogen and oxygen atoms in total. The van der Waals surface area contributed by atoms with Gasteiger partial charge in [-0.25, -0.2) is 0 Å². The van der Waals surface area contributed by atoms with Gasteiger partial charge < -0.3 is 0 Å². The quantitative estimate of drug-likeness (QED) is 0.579. The van der Waals surface area contributed by atoms with Crippen LogP contribution in [-0.2, 0) is 20.5 Å². The zero-order valence-corrected chi connectivity index (χ0v) is 6.10. The van der Waals surface area contributed by atoms with Gasteiger partial charge in [-0.1, -0.05) is 13.3 Å². The molecule has 44 valence electrons. The Morgan fingerprint density at radius 1 is 1.71 bits per heavy atom. The maximum absolute atomic E-state index is 10.2. The zero-order valence-electron chi connectivity index (χ0n) is 4.39. The summed E-state index contributed by atoms with van der Waals surface area (Å²) in [5, 5.41) is 0. The van der Waals surface area contributed by atoms with Crippen LogP contribution in [0.3, 0.4) is 0 Å². The highest BCUT2D eigenvalue weighted by Crippen LogP contribution is 1.84. The predicted molar refractivity (Wildman–Crippen MR) is 36.7 cm³/mol. The molecule has 7 heavy (non-hydrogen) atoms. The summed E-state index contributed by atoms with van der Waals surface area (Å²) >= 11 is 4.45. The van der Waals surface area contributed by atoms with Crippen molar-refractivity contribution in [3.63, 3.8) is 0 Å². The van der Waals surface area contributed by atoms with E-state index in [1.807, 2.05) is 0 Å². The fraction of sp³-hybridized carbons (Fsp3) is 1.00. The summed E-state index contributed by atoms with van der Waals surface area (Å²) in [6, 6.07) is 0. The van der Waals surface area contributed by atoms with E-state index >= 15 is 0 Å². The highest BCUT2D eigenvalue weighted by atomic mass is 32.8. The summed E-state index contributed by atoms with van der Waals surface area (Å²) < 4.78 is 10.2. The fourth-order valence-electron chi connectivity index (χ4n) is 0.287. The molecule has 3 heteroatoms. The maximum atomic E-state index is 10.2. The molecule has 0 heterocycles. The Labute approximate surface area is 50.8 Å². The molecule has 1 atom stereocenters. The number of rotatable bonds is 3. The lowest BCUT2D eigenvalue weighted by Gasteiger charge is -1.83. The Morgan fingerprint density at radius 2 is 2.29 bits per heavy atom. The monoisotopic (exact) mass is 138 g/mol. The zero-order chi connectivity index (χ0) is 5.70. The van der Waals surface area contributed by atoms with E-state index in [9.17, 15) is 4.21 Å². The van der Waals surface area contributed by atoms with Crippen molar-refractivity contribution in [2.75, 3.05) is 5.75 Å². The van der Waals surface area contributed by atoms with Crippen LogP contribution in [0.1, 0.15) is 19.8 Å². The van der Waals surface area contributed by atoms with Gasteiger partial charge in [0.1, 0.15) is 0 Å². The van der Waals surface area contributed by atoms with Crippen LogP contribution in [0.5, 0.6) is 0 Å². The van der Waals surface area contributed by atoms with E-state index in [0.29, 0.717) is 0 Å². The number of hydrogen-bond donors (Lipinski definition) is 1. The van der Waals surface area contributed by atoms with Crippen molar-refractivity contribution in [3.05, 3.63) is 0 Å². The summed E-state index contributed by atoms with van der Waals surface area (Å²) in [5.41, 5.74) is 0. The summed E-state index contributed by atoms with van der Waals surface area (Å²) in [4.78, 5) is 0. The van der Waals surface area contributed by atoms with Crippen molar-refractivity contribution in [2.24, 2.45) is 0 Å². The van der Waals surface area contributed by atoms with Crippen molar-refractivity contribution in [2.45, 2.75) is 19.8 Å². The van der Waals surface area contributed by atoms with E-state index in [-0.39, 0.29) is 0 Å². The van der Waals surface area contributed by atoms with Crippen molar-refractivity contribution < 1.29 is 4.21 Å². The molecular formula is C4H10OS2. The number of thiol groups is 1. The molecule has 0 aromatic carbocycles. The predicted octanol–water partition coefficient (Wildman–Crippen LogP) is 0.729. The molecule has 0 aliphatic rings. The van der Waals surface area contributed by atoms with E-state index in [2.05, 4.69) is 18.1 Å². The van der Waals surface area contributed by atoms with Gasteiger partial charge in [0.15, 0.2) is 0 Å². The van der Waals surface area contributed by atoms with Crippen LogP contribution < -0.4 is 0 Å². The molecule has 0 fully saturated rings. The van der Waals surface area contributed by atoms with Crippen LogP contribution in [0, 0.1) is 0 Å². The molecule has 0 rings (SSSR count). The minimum absolute atomic E-state index is 0.723. The Hall–Kier alpha value is 0.370. The third kappa shape index (κ3) is 6.37. The van der Waals surface area contributed by atoms with Gasteiger partial charge in [-0.2, -0.15) is 0 Å². The molecule has 0 N–H and O–H groups in total. The minimum atomic E-state index is -1.27. The lowest BCUT2D eigenvalue weighted by Crippen LogP contribution is -1.82. The number of unbranched alkanes of at least 4 members (excludes halogenated alkanes) is 1. The Kier molecular flexibility index (Phi) is 4.77. The summed E-state index contributed by atoms with van der Waals surface area (Å²) in [6.07, 6.45) is 2.11. The molecule has 0 saturated carbocycles. The van der Waals surface area contributed by atoms with E-state index in [1.54, 1.807) is 0 Å². The van der Waals surface area contributed by atoms with Gasteiger partial charge in [-0.05, 0) is 17.6 Å². The Bertz CT molecular complexity index is 87.9. The van der Waals surface area contributed by atoms with E-state index in [1.165, 1.54) is 0 Å². The molecule has 0 saturated heterocycles. The van der Waals surface area contributed by atoms with E-state index in [4.69, 9.17) is 0 Å². The first-order valence-corrected chi connectivity index (χ1v) is 4.85. The Morgan fingerprint density at radius 3 is 2.43 bits per heavy atom. The molecule has 0 radical (unpaired) electrons. The Balaban J connectivity index is 2.98. The standard InChI is InChI=1S/C4H10OS2/c1-2-3-4-7(5)6/h7H,2-4H2,1H3. The van der Waals surface area contributed by atoms with E-state index in [0.717, 1.165) is 18.6 Å². The topological polar surface area (TPSA) is 17.1 Å². The third-order valence-corrected chi connectivity index (χ3v) is 1.92. The SMILES string of the molecule is CCCC[SH](=O)=S. The first-order chi connectivity index (χ1) is 3.27. The minimum Gasteiger partial charge on any atom is -0.260 e. The molecule has 0 aromatic rings. The molecular weight excluding hydrogens is 128 g/mol. The summed E-state index contributed by atoms with van der Waals surface area (Å²) in [5.74, 6) is 0.723. The first-order valence-electron chi connectivity index (χ1n) is 2.39. The van der Waals surface area contributed by atoms with Gasteiger partial charge in [0.05, 0.1) is 0 Å². The van der Waals surface area contributed by atoms with Gasteiger partial charge in [0.25, 0.3) is 0 Å². The molecule has 1 unspecified atom stereocenters.